The fourth-order valence-corrected chi connectivity index (χ4v) is 4.37. The predicted molar refractivity (Wildman–Crippen MR) is 117 cm³/mol. The first kappa shape index (κ1) is 19.4. The SMILES string of the molecule is Cc1c(C)n(C)c2c(C)c(C)n(C)c12.Cc1c(C)n(C)c2cc(C)n(C)c12. The summed E-state index contributed by atoms with van der Waals surface area (Å²) < 4.78 is 9.12. The Hall–Kier alpha value is -2.36. The number of rotatable bonds is 0. The van der Waals surface area contributed by atoms with Gasteiger partial charge in [-0.3, -0.25) is 0 Å². The highest BCUT2D eigenvalue weighted by Crippen LogP contribution is 2.30. The molecule has 0 radical (unpaired) electrons. The average molecular weight is 367 g/mol. The highest BCUT2D eigenvalue weighted by molar-refractivity contribution is 5.87. The van der Waals surface area contributed by atoms with Gasteiger partial charge in [-0.1, -0.05) is 0 Å². The van der Waals surface area contributed by atoms with Gasteiger partial charge in [0.1, 0.15) is 0 Å². The summed E-state index contributed by atoms with van der Waals surface area (Å²) in [6.07, 6.45) is 0. The maximum atomic E-state index is 2.30. The van der Waals surface area contributed by atoms with Gasteiger partial charge in [0.25, 0.3) is 0 Å². The summed E-state index contributed by atoms with van der Waals surface area (Å²) in [5, 5.41) is 0. The Bertz CT molecular complexity index is 1080. The first-order valence-corrected chi connectivity index (χ1v) is 9.66. The van der Waals surface area contributed by atoms with Gasteiger partial charge in [-0.25, -0.2) is 0 Å². The molecular formula is C23H34N4. The van der Waals surface area contributed by atoms with Gasteiger partial charge in [0.2, 0.25) is 0 Å². The molecule has 0 bridgehead atoms. The monoisotopic (exact) mass is 366 g/mol. The van der Waals surface area contributed by atoms with Crippen LogP contribution in [0.25, 0.3) is 22.1 Å². The van der Waals surface area contributed by atoms with Crippen LogP contribution in [0.2, 0.25) is 0 Å². The third-order valence-corrected chi connectivity index (χ3v) is 6.91. The highest BCUT2D eigenvalue weighted by atomic mass is 15.0. The Balaban J connectivity index is 0.000000156. The van der Waals surface area contributed by atoms with Gasteiger partial charge in [-0.2, -0.15) is 0 Å². The van der Waals surface area contributed by atoms with Crippen molar-refractivity contribution in [3.05, 3.63) is 45.5 Å². The Morgan fingerprint density at radius 2 is 0.852 bits per heavy atom. The lowest BCUT2D eigenvalue weighted by molar-refractivity contribution is 0.891. The van der Waals surface area contributed by atoms with Gasteiger partial charge in [-0.05, 0) is 71.2 Å². The maximum absolute atomic E-state index is 2.30. The summed E-state index contributed by atoms with van der Waals surface area (Å²) in [5.74, 6) is 0. The van der Waals surface area contributed by atoms with Crippen molar-refractivity contribution in [1.29, 1.82) is 0 Å². The molecule has 0 spiro atoms. The number of aryl methyl sites for hydroxylation is 8. The molecular weight excluding hydrogens is 332 g/mol. The molecule has 0 aliphatic carbocycles. The van der Waals surface area contributed by atoms with E-state index in [0.29, 0.717) is 0 Å². The van der Waals surface area contributed by atoms with Crippen molar-refractivity contribution in [2.45, 2.75) is 48.5 Å². The standard InChI is InChI=1S/C12H18N2.C11H16N2/c1-7-9(3)13(5)12-8(2)10(4)14(6)11(7)12;1-7-6-10-11(12(7)4)8(2)9(3)13(10)5/h1-6H3;6H,1-5H3. The molecule has 4 rings (SSSR count). The van der Waals surface area contributed by atoms with E-state index in [2.05, 4.69) is 101 Å². The molecule has 0 aromatic carbocycles. The van der Waals surface area contributed by atoms with E-state index in [4.69, 9.17) is 0 Å². The lowest BCUT2D eigenvalue weighted by Gasteiger charge is -2.02. The summed E-state index contributed by atoms with van der Waals surface area (Å²) in [6.45, 7) is 15.3. The minimum absolute atomic E-state index is 1.32. The van der Waals surface area contributed by atoms with Crippen molar-refractivity contribution in [2.24, 2.45) is 28.2 Å². The van der Waals surface area contributed by atoms with E-state index in [-0.39, 0.29) is 0 Å². The maximum Gasteiger partial charge on any atom is 0.0697 e. The molecule has 4 aromatic heterocycles. The molecule has 0 unspecified atom stereocenters. The number of aromatic nitrogens is 4. The zero-order chi connectivity index (χ0) is 20.4. The largest absolute Gasteiger partial charge is 0.346 e. The van der Waals surface area contributed by atoms with Gasteiger partial charge >= 0.3 is 0 Å². The van der Waals surface area contributed by atoms with Gasteiger partial charge < -0.3 is 18.3 Å². The van der Waals surface area contributed by atoms with Crippen LogP contribution in [0, 0.1) is 48.5 Å². The second-order valence-electron chi connectivity index (χ2n) is 8.08. The Labute approximate surface area is 163 Å². The van der Waals surface area contributed by atoms with Crippen molar-refractivity contribution in [2.75, 3.05) is 0 Å². The van der Waals surface area contributed by atoms with Crippen LogP contribution in [0.15, 0.2) is 6.07 Å². The van der Waals surface area contributed by atoms with E-state index in [1.54, 1.807) is 0 Å². The van der Waals surface area contributed by atoms with Gasteiger partial charge in [-0.15, -0.1) is 0 Å². The van der Waals surface area contributed by atoms with Crippen LogP contribution >= 0.6 is 0 Å². The van der Waals surface area contributed by atoms with Crippen LogP contribution in [-0.2, 0) is 28.2 Å². The van der Waals surface area contributed by atoms with Crippen LogP contribution in [0.5, 0.6) is 0 Å². The van der Waals surface area contributed by atoms with Crippen LogP contribution in [0.4, 0.5) is 0 Å². The number of nitrogens with zero attached hydrogens (tertiary/aromatic N) is 4. The second kappa shape index (κ2) is 6.36. The minimum Gasteiger partial charge on any atom is -0.346 e. The molecule has 0 aliphatic heterocycles. The minimum atomic E-state index is 1.32. The summed E-state index contributed by atoms with van der Waals surface area (Å²) in [4.78, 5) is 0. The molecule has 0 N–H and O–H groups in total. The quantitative estimate of drug-likeness (QED) is 0.408. The summed E-state index contributed by atoms with van der Waals surface area (Å²) in [6, 6.07) is 2.25. The lowest BCUT2D eigenvalue weighted by Crippen LogP contribution is -1.94. The number of hydrogen-bond donors (Lipinski definition) is 0. The topological polar surface area (TPSA) is 19.7 Å². The van der Waals surface area contributed by atoms with Crippen LogP contribution in [0.3, 0.4) is 0 Å². The van der Waals surface area contributed by atoms with Crippen LogP contribution in [-0.4, -0.2) is 18.3 Å². The normalized spacial score (nSPS) is 11.5. The first-order chi connectivity index (χ1) is 12.5. The highest BCUT2D eigenvalue weighted by Gasteiger charge is 2.16. The molecule has 0 atom stereocenters. The number of hydrogen-bond acceptors (Lipinski definition) is 0. The molecule has 146 valence electrons. The fraction of sp³-hybridized carbons (Fsp3) is 0.478. The molecule has 27 heavy (non-hydrogen) atoms. The second-order valence-corrected chi connectivity index (χ2v) is 8.08. The van der Waals surface area contributed by atoms with Crippen molar-refractivity contribution < 1.29 is 0 Å². The molecule has 4 heteroatoms. The Morgan fingerprint density at radius 1 is 0.481 bits per heavy atom. The average Bonchev–Trinajstić information content (AvgIpc) is 3.21. The van der Waals surface area contributed by atoms with Crippen LogP contribution in [0.1, 0.15) is 39.5 Å². The molecule has 4 heterocycles. The molecule has 0 fully saturated rings. The van der Waals surface area contributed by atoms with Gasteiger partial charge in [0.05, 0.1) is 22.1 Å². The molecule has 4 aromatic rings. The van der Waals surface area contributed by atoms with Crippen molar-refractivity contribution in [1.82, 2.24) is 18.3 Å². The van der Waals surface area contributed by atoms with Crippen LogP contribution < -0.4 is 0 Å². The Morgan fingerprint density at radius 3 is 1.26 bits per heavy atom. The van der Waals surface area contributed by atoms with Crippen molar-refractivity contribution in [3.63, 3.8) is 0 Å². The lowest BCUT2D eigenvalue weighted by atomic mass is 10.2. The predicted octanol–water partition coefficient (Wildman–Crippen LogP) is 5.19. The molecule has 0 saturated carbocycles. The number of fused-ring (bicyclic) bond motifs is 2. The van der Waals surface area contributed by atoms with E-state index in [9.17, 15) is 0 Å². The zero-order valence-corrected chi connectivity index (χ0v) is 18.9. The van der Waals surface area contributed by atoms with E-state index < -0.39 is 0 Å². The smallest absolute Gasteiger partial charge is 0.0697 e. The Kier molecular flexibility index (Phi) is 4.57. The third kappa shape index (κ3) is 2.57. The third-order valence-electron chi connectivity index (χ3n) is 6.91. The molecule has 0 aliphatic rings. The van der Waals surface area contributed by atoms with E-state index in [1.807, 2.05) is 0 Å². The van der Waals surface area contributed by atoms with Crippen molar-refractivity contribution >= 4 is 22.1 Å². The fourth-order valence-electron chi connectivity index (χ4n) is 4.37. The van der Waals surface area contributed by atoms with Gasteiger partial charge in [0.15, 0.2) is 0 Å². The summed E-state index contributed by atoms with van der Waals surface area (Å²) >= 11 is 0. The van der Waals surface area contributed by atoms with Gasteiger partial charge in [0, 0.05) is 51.0 Å². The molecule has 0 amide bonds. The zero-order valence-electron chi connectivity index (χ0n) is 18.9. The van der Waals surface area contributed by atoms with E-state index >= 15 is 0 Å². The summed E-state index contributed by atoms with van der Waals surface area (Å²) in [5.41, 5.74) is 15.1. The first-order valence-electron chi connectivity index (χ1n) is 9.66. The van der Waals surface area contributed by atoms with E-state index in [1.165, 1.54) is 61.5 Å². The van der Waals surface area contributed by atoms with E-state index in [0.717, 1.165) is 0 Å². The molecule has 0 saturated heterocycles. The van der Waals surface area contributed by atoms with Crippen molar-refractivity contribution in [3.8, 4) is 0 Å². The summed E-state index contributed by atoms with van der Waals surface area (Å²) in [7, 11) is 8.56. The molecule has 4 nitrogen and oxygen atoms in total.